The van der Waals surface area contributed by atoms with Gasteiger partial charge in [0.05, 0.1) is 11.4 Å². The van der Waals surface area contributed by atoms with Crippen LogP contribution in [0.3, 0.4) is 0 Å². The fraction of sp³-hybridized carbons (Fsp3) is 0.0588. The van der Waals surface area contributed by atoms with Gasteiger partial charge in [0.1, 0.15) is 5.56 Å². The molecule has 3 aromatic rings. The van der Waals surface area contributed by atoms with Gasteiger partial charge in [-0.3, -0.25) is 4.99 Å². The zero-order valence-electron chi connectivity index (χ0n) is 11.8. The van der Waals surface area contributed by atoms with E-state index in [9.17, 15) is 4.79 Å². The Labute approximate surface area is 132 Å². The van der Waals surface area contributed by atoms with Crippen molar-refractivity contribution in [1.29, 1.82) is 0 Å². The molecule has 0 aliphatic rings. The molecule has 1 aromatic heterocycles. The van der Waals surface area contributed by atoms with E-state index in [1.165, 1.54) is 6.21 Å². The minimum absolute atomic E-state index is 0.380. The van der Waals surface area contributed by atoms with Crippen LogP contribution in [-0.4, -0.2) is 11.4 Å². The first-order valence-electron chi connectivity index (χ1n) is 6.73. The molecule has 22 heavy (non-hydrogen) atoms. The largest absolute Gasteiger partial charge is 0.366 e. The summed E-state index contributed by atoms with van der Waals surface area (Å²) >= 11 is 6.07. The van der Waals surface area contributed by atoms with Crippen LogP contribution >= 0.6 is 11.6 Å². The number of nitrogens with one attached hydrogen (secondary N) is 1. The monoisotopic (exact) mass is 312 g/mol. The van der Waals surface area contributed by atoms with Crippen LogP contribution in [0.2, 0.25) is 5.02 Å². The van der Waals surface area contributed by atoms with Crippen molar-refractivity contribution >= 4 is 23.5 Å². The number of rotatable bonds is 3. The van der Waals surface area contributed by atoms with Crippen molar-refractivity contribution < 1.29 is 4.52 Å². The van der Waals surface area contributed by atoms with E-state index in [0.29, 0.717) is 22.0 Å². The molecule has 0 saturated carbocycles. The second-order valence-corrected chi connectivity index (χ2v) is 5.20. The molecule has 1 heterocycles. The van der Waals surface area contributed by atoms with E-state index in [1.807, 2.05) is 49.4 Å². The standard InChI is InChI=1S/C17H13ClN2O2/c1-11-14(18)8-5-9-15(11)19-10-13-16(20-22-17(13)21)12-6-3-2-4-7-12/h2-10,20H,1H3. The van der Waals surface area contributed by atoms with Crippen molar-refractivity contribution in [2.24, 2.45) is 4.99 Å². The quantitative estimate of drug-likeness (QED) is 0.731. The number of hydrogen-bond acceptors (Lipinski definition) is 3. The van der Waals surface area contributed by atoms with Crippen LogP contribution in [0.5, 0.6) is 0 Å². The summed E-state index contributed by atoms with van der Waals surface area (Å²) in [6.45, 7) is 1.88. The number of H-pyrrole nitrogens is 1. The summed E-state index contributed by atoms with van der Waals surface area (Å²) in [4.78, 5) is 16.2. The SMILES string of the molecule is Cc1c(Cl)cccc1N=Cc1c(-c2ccccc2)[nH]oc1=O. The Bertz CT molecular complexity index is 879. The second-order valence-electron chi connectivity index (χ2n) is 4.79. The van der Waals surface area contributed by atoms with Gasteiger partial charge in [0, 0.05) is 16.8 Å². The average Bonchev–Trinajstić information content (AvgIpc) is 2.91. The normalized spacial score (nSPS) is 11.2. The van der Waals surface area contributed by atoms with E-state index in [-0.39, 0.29) is 0 Å². The summed E-state index contributed by atoms with van der Waals surface area (Å²) in [5, 5.41) is 3.29. The van der Waals surface area contributed by atoms with Gasteiger partial charge in [-0.15, -0.1) is 0 Å². The lowest BCUT2D eigenvalue weighted by Crippen LogP contribution is -2.01. The molecule has 2 aromatic carbocycles. The van der Waals surface area contributed by atoms with Gasteiger partial charge in [-0.1, -0.05) is 48.0 Å². The summed E-state index contributed by atoms with van der Waals surface area (Å²) in [5.41, 5.74) is 2.97. The first kappa shape index (κ1) is 14.4. The number of hydrogen-bond donors (Lipinski definition) is 1. The molecule has 0 unspecified atom stereocenters. The van der Waals surface area contributed by atoms with Crippen LogP contribution in [0.25, 0.3) is 11.3 Å². The van der Waals surface area contributed by atoms with Gasteiger partial charge in [-0.2, -0.15) is 0 Å². The molecule has 0 spiro atoms. The zero-order chi connectivity index (χ0) is 15.5. The molecule has 1 N–H and O–H groups in total. The fourth-order valence-corrected chi connectivity index (χ4v) is 2.29. The topological polar surface area (TPSA) is 58.4 Å². The van der Waals surface area contributed by atoms with Gasteiger partial charge in [0.25, 0.3) is 0 Å². The molecule has 0 bridgehead atoms. The van der Waals surface area contributed by atoms with Crippen molar-refractivity contribution in [1.82, 2.24) is 5.16 Å². The lowest BCUT2D eigenvalue weighted by Gasteiger charge is -2.01. The second kappa shape index (κ2) is 6.03. The van der Waals surface area contributed by atoms with Crippen LogP contribution in [0.4, 0.5) is 5.69 Å². The van der Waals surface area contributed by atoms with Gasteiger partial charge >= 0.3 is 5.63 Å². The first-order chi connectivity index (χ1) is 10.7. The van der Waals surface area contributed by atoms with E-state index in [4.69, 9.17) is 16.1 Å². The van der Waals surface area contributed by atoms with Gasteiger partial charge < -0.3 is 4.52 Å². The molecule has 0 radical (unpaired) electrons. The number of aliphatic imine (C=N–C) groups is 1. The fourth-order valence-electron chi connectivity index (χ4n) is 2.12. The predicted octanol–water partition coefficient (Wildman–Crippen LogP) is 4.35. The Hall–Kier alpha value is -2.59. The van der Waals surface area contributed by atoms with Gasteiger partial charge in [0.2, 0.25) is 0 Å². The smallest absolute Gasteiger partial charge is 0.338 e. The third-order valence-corrected chi connectivity index (χ3v) is 3.78. The van der Waals surface area contributed by atoms with Crippen LogP contribution in [-0.2, 0) is 0 Å². The number of halogens is 1. The molecule has 0 atom stereocenters. The summed E-state index contributed by atoms with van der Waals surface area (Å²) in [7, 11) is 0. The number of benzene rings is 2. The molecule has 0 aliphatic heterocycles. The third-order valence-electron chi connectivity index (χ3n) is 3.37. The van der Waals surface area contributed by atoms with Crippen molar-refractivity contribution in [3.8, 4) is 11.3 Å². The highest BCUT2D eigenvalue weighted by Gasteiger charge is 2.12. The minimum Gasteiger partial charge on any atom is -0.338 e. The molecule has 0 aliphatic carbocycles. The highest BCUT2D eigenvalue weighted by molar-refractivity contribution is 6.31. The lowest BCUT2D eigenvalue weighted by atomic mass is 10.1. The van der Waals surface area contributed by atoms with Crippen molar-refractivity contribution in [2.75, 3.05) is 0 Å². The number of aromatic amines is 1. The molecule has 0 saturated heterocycles. The van der Waals surface area contributed by atoms with Gasteiger partial charge in [-0.05, 0) is 24.6 Å². The maximum Gasteiger partial charge on any atom is 0.366 e. The Morgan fingerprint density at radius 3 is 2.68 bits per heavy atom. The molecule has 0 amide bonds. The Morgan fingerprint density at radius 1 is 1.14 bits per heavy atom. The molecular formula is C17H13ClN2O2. The van der Waals surface area contributed by atoms with E-state index in [2.05, 4.69) is 10.1 Å². The highest BCUT2D eigenvalue weighted by Crippen LogP contribution is 2.26. The molecule has 110 valence electrons. The minimum atomic E-state index is -0.456. The Balaban J connectivity index is 2.03. The zero-order valence-corrected chi connectivity index (χ0v) is 12.6. The van der Waals surface area contributed by atoms with Crippen molar-refractivity contribution in [2.45, 2.75) is 6.92 Å². The molecule has 0 fully saturated rings. The first-order valence-corrected chi connectivity index (χ1v) is 7.10. The van der Waals surface area contributed by atoms with Gasteiger partial charge in [0.15, 0.2) is 0 Å². The lowest BCUT2D eigenvalue weighted by molar-refractivity contribution is 0.393. The molecule has 4 nitrogen and oxygen atoms in total. The van der Waals surface area contributed by atoms with Crippen LogP contribution in [0.1, 0.15) is 11.1 Å². The van der Waals surface area contributed by atoms with Crippen molar-refractivity contribution in [3.05, 3.63) is 75.1 Å². The third kappa shape index (κ3) is 2.73. The van der Waals surface area contributed by atoms with Crippen molar-refractivity contribution in [3.63, 3.8) is 0 Å². The van der Waals surface area contributed by atoms with Gasteiger partial charge in [-0.25, -0.2) is 9.95 Å². The average molecular weight is 313 g/mol. The van der Waals surface area contributed by atoms with E-state index < -0.39 is 5.63 Å². The molecule has 3 rings (SSSR count). The maximum atomic E-state index is 11.9. The van der Waals surface area contributed by atoms with Crippen LogP contribution < -0.4 is 5.63 Å². The van der Waals surface area contributed by atoms with Crippen LogP contribution in [0, 0.1) is 6.92 Å². The summed E-state index contributed by atoms with van der Waals surface area (Å²) in [6.07, 6.45) is 1.50. The van der Waals surface area contributed by atoms with E-state index in [1.54, 1.807) is 6.07 Å². The predicted molar refractivity (Wildman–Crippen MR) is 88.2 cm³/mol. The van der Waals surface area contributed by atoms with E-state index in [0.717, 1.165) is 11.1 Å². The van der Waals surface area contributed by atoms with Crippen LogP contribution in [0.15, 0.2) is 62.8 Å². The van der Waals surface area contributed by atoms with E-state index >= 15 is 0 Å². The molecular weight excluding hydrogens is 300 g/mol. The number of nitrogens with zero attached hydrogens (tertiary/aromatic N) is 1. The number of aromatic nitrogens is 1. The summed E-state index contributed by atoms with van der Waals surface area (Å²) in [5.74, 6) is 0. The highest BCUT2D eigenvalue weighted by atomic mass is 35.5. The maximum absolute atomic E-state index is 11.9. The Kier molecular flexibility index (Phi) is 3.94. The Morgan fingerprint density at radius 2 is 1.91 bits per heavy atom. The summed E-state index contributed by atoms with van der Waals surface area (Å²) in [6, 6.07) is 14.9. The molecule has 5 heteroatoms. The summed E-state index contributed by atoms with van der Waals surface area (Å²) < 4.78 is 4.89.